The highest BCUT2D eigenvalue weighted by atomic mass is 16.6. The molecule has 0 unspecified atom stereocenters. The van der Waals surface area contributed by atoms with Crippen LogP contribution in [0.1, 0.15) is 24.1 Å². The maximum absolute atomic E-state index is 10.7. The summed E-state index contributed by atoms with van der Waals surface area (Å²) in [6.07, 6.45) is 0. The van der Waals surface area contributed by atoms with Gasteiger partial charge in [-0.2, -0.15) is 0 Å². The number of nitro groups is 1. The number of nitrogens with two attached hydrogens (primary N) is 1. The van der Waals surface area contributed by atoms with Crippen LogP contribution < -0.4 is 10.5 Å². The van der Waals surface area contributed by atoms with Crippen LogP contribution in [0.3, 0.4) is 0 Å². The zero-order chi connectivity index (χ0) is 14.5. The molecule has 1 atom stereocenters. The van der Waals surface area contributed by atoms with Gasteiger partial charge in [0.1, 0.15) is 12.4 Å². The number of non-ortho nitro benzene ring substituents is 1. The quantitative estimate of drug-likeness (QED) is 0.669. The molecule has 0 aliphatic rings. The summed E-state index contributed by atoms with van der Waals surface area (Å²) >= 11 is 0. The van der Waals surface area contributed by atoms with E-state index in [2.05, 4.69) is 0 Å². The molecule has 0 fully saturated rings. The Kier molecular flexibility index (Phi) is 4.32. The maximum Gasteiger partial charge on any atom is 0.269 e. The third kappa shape index (κ3) is 3.33. The minimum Gasteiger partial charge on any atom is -0.489 e. The number of hydrogen-bond acceptors (Lipinski definition) is 4. The molecule has 0 radical (unpaired) electrons. The van der Waals surface area contributed by atoms with Crippen molar-refractivity contribution < 1.29 is 9.66 Å². The summed E-state index contributed by atoms with van der Waals surface area (Å²) in [5.74, 6) is 0.703. The van der Waals surface area contributed by atoms with Crippen molar-refractivity contribution in [3.63, 3.8) is 0 Å². The van der Waals surface area contributed by atoms with Gasteiger partial charge in [-0.1, -0.05) is 30.3 Å². The lowest BCUT2D eigenvalue weighted by Gasteiger charge is -2.13. The van der Waals surface area contributed by atoms with Crippen molar-refractivity contribution in [2.24, 2.45) is 5.73 Å². The molecule has 2 aromatic carbocycles. The Bertz CT molecular complexity index is 612. The maximum atomic E-state index is 10.7. The van der Waals surface area contributed by atoms with Crippen molar-refractivity contribution >= 4 is 5.69 Å². The summed E-state index contributed by atoms with van der Waals surface area (Å²) in [5, 5.41) is 10.7. The summed E-state index contributed by atoms with van der Waals surface area (Å²) in [4.78, 5) is 10.3. The number of rotatable bonds is 5. The summed E-state index contributed by atoms with van der Waals surface area (Å²) in [5.41, 5.74) is 7.60. The fraction of sp³-hybridized carbons (Fsp3) is 0.200. The molecular weight excluding hydrogens is 256 g/mol. The molecule has 2 aromatic rings. The van der Waals surface area contributed by atoms with E-state index < -0.39 is 4.92 Å². The van der Waals surface area contributed by atoms with E-state index in [0.29, 0.717) is 5.75 Å². The second-order valence-corrected chi connectivity index (χ2v) is 4.54. The van der Waals surface area contributed by atoms with E-state index in [9.17, 15) is 10.1 Å². The van der Waals surface area contributed by atoms with Crippen LogP contribution in [0.25, 0.3) is 0 Å². The lowest BCUT2D eigenvalue weighted by molar-refractivity contribution is -0.384. The highest BCUT2D eigenvalue weighted by Gasteiger charge is 2.09. The smallest absolute Gasteiger partial charge is 0.269 e. The van der Waals surface area contributed by atoms with E-state index in [1.807, 2.05) is 31.2 Å². The normalized spacial score (nSPS) is 11.9. The lowest BCUT2D eigenvalue weighted by Crippen LogP contribution is -2.08. The highest BCUT2D eigenvalue weighted by Crippen LogP contribution is 2.24. The van der Waals surface area contributed by atoms with Crippen LogP contribution in [0, 0.1) is 10.1 Å². The van der Waals surface area contributed by atoms with Gasteiger partial charge in [0.05, 0.1) is 4.92 Å². The second-order valence-electron chi connectivity index (χ2n) is 4.54. The molecule has 5 heteroatoms. The molecule has 5 nitrogen and oxygen atoms in total. The molecule has 0 heterocycles. The molecule has 0 aliphatic heterocycles. The standard InChI is InChI=1S/C15H16N2O3/c1-11(16)14-7-2-3-8-15(14)20-10-12-5-4-6-13(9-12)17(18)19/h2-9,11H,10,16H2,1H3/t11-/m0/s1. The highest BCUT2D eigenvalue weighted by molar-refractivity contribution is 5.37. The number of para-hydroxylation sites is 1. The fourth-order valence-corrected chi connectivity index (χ4v) is 1.91. The molecule has 0 aromatic heterocycles. The van der Waals surface area contributed by atoms with Gasteiger partial charge in [0.2, 0.25) is 0 Å². The van der Waals surface area contributed by atoms with Crippen molar-refractivity contribution in [1.82, 2.24) is 0 Å². The third-order valence-corrected chi connectivity index (χ3v) is 2.93. The van der Waals surface area contributed by atoms with Gasteiger partial charge in [-0.25, -0.2) is 0 Å². The predicted octanol–water partition coefficient (Wildman–Crippen LogP) is 3.19. The van der Waals surface area contributed by atoms with E-state index in [4.69, 9.17) is 10.5 Å². The van der Waals surface area contributed by atoms with Gasteiger partial charge in [-0.3, -0.25) is 10.1 Å². The zero-order valence-electron chi connectivity index (χ0n) is 11.2. The Balaban J connectivity index is 2.13. The molecule has 2 N–H and O–H groups in total. The SMILES string of the molecule is C[C@H](N)c1ccccc1OCc1cccc([N+](=O)[O-])c1. The number of ether oxygens (including phenoxy) is 1. The number of nitro benzene ring substituents is 1. The van der Waals surface area contributed by atoms with Crippen LogP contribution >= 0.6 is 0 Å². The Morgan fingerprint density at radius 3 is 2.70 bits per heavy atom. The van der Waals surface area contributed by atoms with Crippen molar-refractivity contribution in [1.29, 1.82) is 0 Å². The monoisotopic (exact) mass is 272 g/mol. The number of nitrogens with zero attached hydrogens (tertiary/aromatic N) is 1. The van der Waals surface area contributed by atoms with Gasteiger partial charge >= 0.3 is 0 Å². The van der Waals surface area contributed by atoms with E-state index in [1.54, 1.807) is 12.1 Å². The first kappa shape index (κ1) is 14.0. The molecular formula is C15H16N2O3. The van der Waals surface area contributed by atoms with Gasteiger partial charge in [0.25, 0.3) is 5.69 Å². The lowest BCUT2D eigenvalue weighted by atomic mass is 10.1. The van der Waals surface area contributed by atoms with Gasteiger partial charge in [-0.05, 0) is 18.6 Å². The first-order valence-corrected chi connectivity index (χ1v) is 6.28. The molecule has 0 saturated carbocycles. The Hall–Kier alpha value is -2.40. The third-order valence-electron chi connectivity index (χ3n) is 2.93. The number of hydrogen-bond donors (Lipinski definition) is 1. The predicted molar refractivity (Wildman–Crippen MR) is 76.5 cm³/mol. The first-order chi connectivity index (χ1) is 9.58. The van der Waals surface area contributed by atoms with E-state index in [1.165, 1.54) is 12.1 Å². The Labute approximate surface area is 117 Å². The molecule has 0 aliphatic carbocycles. The summed E-state index contributed by atoms with van der Waals surface area (Å²) < 4.78 is 5.72. The molecule has 0 bridgehead atoms. The Morgan fingerprint density at radius 1 is 1.25 bits per heavy atom. The van der Waals surface area contributed by atoms with Crippen LogP contribution in [0.4, 0.5) is 5.69 Å². The van der Waals surface area contributed by atoms with Gasteiger partial charge in [-0.15, -0.1) is 0 Å². The molecule has 0 saturated heterocycles. The Morgan fingerprint density at radius 2 is 2.00 bits per heavy atom. The van der Waals surface area contributed by atoms with E-state index in [-0.39, 0.29) is 18.3 Å². The molecule has 104 valence electrons. The average molecular weight is 272 g/mol. The average Bonchev–Trinajstić information content (AvgIpc) is 2.45. The second kappa shape index (κ2) is 6.16. The van der Waals surface area contributed by atoms with Crippen LogP contribution in [0.2, 0.25) is 0 Å². The fourth-order valence-electron chi connectivity index (χ4n) is 1.91. The van der Waals surface area contributed by atoms with Crippen LogP contribution in [0.15, 0.2) is 48.5 Å². The summed E-state index contributed by atoms with van der Waals surface area (Å²) in [6, 6.07) is 13.8. The van der Waals surface area contributed by atoms with Gasteiger partial charge in [0, 0.05) is 23.7 Å². The minimum absolute atomic E-state index is 0.0616. The van der Waals surface area contributed by atoms with Crippen molar-refractivity contribution in [3.05, 3.63) is 69.8 Å². The van der Waals surface area contributed by atoms with Crippen molar-refractivity contribution in [2.75, 3.05) is 0 Å². The van der Waals surface area contributed by atoms with E-state index in [0.717, 1.165) is 11.1 Å². The molecule has 0 spiro atoms. The summed E-state index contributed by atoms with van der Waals surface area (Å²) in [7, 11) is 0. The van der Waals surface area contributed by atoms with Gasteiger partial charge in [0.15, 0.2) is 0 Å². The van der Waals surface area contributed by atoms with Crippen LogP contribution in [-0.4, -0.2) is 4.92 Å². The topological polar surface area (TPSA) is 78.4 Å². The molecule has 0 amide bonds. The van der Waals surface area contributed by atoms with Crippen molar-refractivity contribution in [2.45, 2.75) is 19.6 Å². The number of benzene rings is 2. The molecule has 2 rings (SSSR count). The molecule has 20 heavy (non-hydrogen) atoms. The van der Waals surface area contributed by atoms with Crippen LogP contribution in [0.5, 0.6) is 5.75 Å². The summed E-state index contributed by atoms with van der Waals surface area (Å²) in [6.45, 7) is 2.15. The minimum atomic E-state index is -0.417. The zero-order valence-corrected chi connectivity index (χ0v) is 11.2. The van der Waals surface area contributed by atoms with Crippen molar-refractivity contribution in [3.8, 4) is 5.75 Å². The van der Waals surface area contributed by atoms with E-state index >= 15 is 0 Å². The first-order valence-electron chi connectivity index (χ1n) is 6.28. The van der Waals surface area contributed by atoms with Gasteiger partial charge < -0.3 is 10.5 Å². The van der Waals surface area contributed by atoms with Crippen LogP contribution in [-0.2, 0) is 6.61 Å². The largest absolute Gasteiger partial charge is 0.489 e.